The van der Waals surface area contributed by atoms with Gasteiger partial charge in [-0.25, -0.2) is 4.98 Å². The molecule has 0 fully saturated rings. The number of nitrogens with zero attached hydrogens (tertiary/aromatic N) is 1. The predicted molar refractivity (Wildman–Crippen MR) is 97.7 cm³/mol. The van der Waals surface area contributed by atoms with Crippen LogP contribution in [0, 0.1) is 6.92 Å². The molecule has 0 amide bonds. The maximum Gasteiger partial charge on any atom is 0.153 e. The van der Waals surface area contributed by atoms with Gasteiger partial charge in [-0.15, -0.1) is 0 Å². The number of para-hydroxylation sites is 2. The molecule has 1 aromatic heterocycles. The number of rotatable bonds is 3. The van der Waals surface area contributed by atoms with Crippen molar-refractivity contribution in [3.8, 4) is 0 Å². The first-order chi connectivity index (χ1) is 11.3. The van der Waals surface area contributed by atoms with E-state index in [4.69, 9.17) is 4.98 Å². The van der Waals surface area contributed by atoms with Gasteiger partial charge < -0.3 is 0 Å². The highest BCUT2D eigenvalue weighted by Crippen LogP contribution is 2.29. The minimum atomic E-state index is 0.836. The van der Waals surface area contributed by atoms with Gasteiger partial charge in [0.2, 0.25) is 0 Å². The molecule has 3 aromatic carbocycles. The number of nitrogens with one attached hydrogen (secondary N) is 2. The molecule has 0 atom stereocenters. The van der Waals surface area contributed by atoms with E-state index in [-0.39, 0.29) is 0 Å². The zero-order valence-electron chi connectivity index (χ0n) is 12.9. The Morgan fingerprint density at radius 2 is 1.30 bits per heavy atom. The van der Waals surface area contributed by atoms with E-state index in [0.717, 1.165) is 22.4 Å². The van der Waals surface area contributed by atoms with Gasteiger partial charge in [-0.2, -0.15) is 0 Å². The van der Waals surface area contributed by atoms with Crippen molar-refractivity contribution in [2.45, 2.75) is 6.92 Å². The Labute approximate surface area is 135 Å². The Balaban J connectivity index is 1.81. The van der Waals surface area contributed by atoms with Crippen molar-refractivity contribution in [2.24, 2.45) is 0 Å². The van der Waals surface area contributed by atoms with E-state index in [0.29, 0.717) is 0 Å². The lowest BCUT2D eigenvalue weighted by Crippen LogP contribution is -2.11. The van der Waals surface area contributed by atoms with Gasteiger partial charge in [-0.05, 0) is 30.0 Å². The zero-order valence-corrected chi connectivity index (χ0v) is 12.9. The molecule has 0 saturated carbocycles. The number of pyridine rings is 1. The Bertz CT molecular complexity index is 992. The lowest BCUT2D eigenvalue weighted by Gasteiger charge is -2.14. The van der Waals surface area contributed by atoms with Gasteiger partial charge in [0, 0.05) is 10.8 Å². The summed E-state index contributed by atoms with van der Waals surface area (Å²) in [6.45, 7) is 2.08. The molecule has 0 saturated heterocycles. The van der Waals surface area contributed by atoms with Crippen LogP contribution in [0.2, 0.25) is 0 Å². The first-order valence-electron chi connectivity index (χ1n) is 7.68. The molecule has 0 aliphatic rings. The third kappa shape index (κ3) is 2.46. The zero-order chi connectivity index (χ0) is 15.6. The summed E-state index contributed by atoms with van der Waals surface area (Å²) in [4.78, 5) is 4.77. The summed E-state index contributed by atoms with van der Waals surface area (Å²) in [5.74, 6) is 0.836. The Morgan fingerprint density at radius 1 is 0.652 bits per heavy atom. The van der Waals surface area contributed by atoms with Crippen LogP contribution >= 0.6 is 0 Å². The Morgan fingerprint density at radius 3 is 2.13 bits per heavy atom. The van der Waals surface area contributed by atoms with Crippen molar-refractivity contribution < 1.29 is 0 Å². The number of aryl methyl sites for hydroxylation is 1. The van der Waals surface area contributed by atoms with Crippen LogP contribution in [0.3, 0.4) is 0 Å². The number of benzene rings is 3. The van der Waals surface area contributed by atoms with Crippen molar-refractivity contribution in [3.05, 3.63) is 78.4 Å². The minimum absolute atomic E-state index is 0.836. The first-order valence-corrected chi connectivity index (χ1v) is 7.68. The highest BCUT2D eigenvalue weighted by Gasteiger charge is 2.07. The number of anilines is 2. The minimum Gasteiger partial charge on any atom is -0.299 e. The lowest BCUT2D eigenvalue weighted by molar-refractivity contribution is 1.31. The topological polar surface area (TPSA) is 37.0 Å². The number of hydrazine groups is 1. The molecule has 0 aliphatic heterocycles. The van der Waals surface area contributed by atoms with Crippen LogP contribution in [0.5, 0.6) is 0 Å². The molecule has 23 heavy (non-hydrogen) atoms. The maximum atomic E-state index is 4.77. The summed E-state index contributed by atoms with van der Waals surface area (Å²) < 4.78 is 0. The molecule has 2 N–H and O–H groups in total. The monoisotopic (exact) mass is 299 g/mol. The molecule has 3 nitrogen and oxygen atoms in total. The number of hydrogen-bond acceptors (Lipinski definition) is 3. The van der Waals surface area contributed by atoms with E-state index < -0.39 is 0 Å². The molecule has 0 spiro atoms. The van der Waals surface area contributed by atoms with Gasteiger partial charge in [-0.3, -0.25) is 10.9 Å². The van der Waals surface area contributed by atoms with Crippen molar-refractivity contribution in [2.75, 3.05) is 10.9 Å². The van der Waals surface area contributed by atoms with Crippen LogP contribution < -0.4 is 10.9 Å². The summed E-state index contributed by atoms with van der Waals surface area (Å²) in [5, 5.41) is 3.48. The standard InChI is InChI=1S/C20H17N3/c1-14-8-2-6-12-18(14)22-23-20-17-11-4-3-9-15(17)16-10-5-7-13-19(16)21-20/h2-13,22H,1H3,(H,21,23). The molecular weight excluding hydrogens is 282 g/mol. The molecule has 4 aromatic rings. The predicted octanol–water partition coefficient (Wildman–Crippen LogP) is 5.14. The van der Waals surface area contributed by atoms with Gasteiger partial charge in [0.15, 0.2) is 5.82 Å². The first kappa shape index (κ1) is 13.6. The van der Waals surface area contributed by atoms with Gasteiger partial charge in [0.25, 0.3) is 0 Å². The molecule has 4 rings (SSSR count). The Kier molecular flexibility index (Phi) is 3.31. The van der Waals surface area contributed by atoms with Crippen LogP contribution in [0.1, 0.15) is 5.56 Å². The summed E-state index contributed by atoms with van der Waals surface area (Å²) in [6, 6.07) is 24.7. The third-order valence-electron chi connectivity index (χ3n) is 4.07. The molecule has 3 heteroatoms. The average Bonchev–Trinajstić information content (AvgIpc) is 2.61. The van der Waals surface area contributed by atoms with E-state index >= 15 is 0 Å². The molecule has 0 radical (unpaired) electrons. The van der Waals surface area contributed by atoms with Crippen molar-refractivity contribution in [1.82, 2.24) is 4.98 Å². The summed E-state index contributed by atoms with van der Waals surface area (Å²) >= 11 is 0. The van der Waals surface area contributed by atoms with Crippen LogP contribution in [0.4, 0.5) is 11.5 Å². The van der Waals surface area contributed by atoms with Gasteiger partial charge in [0.1, 0.15) is 0 Å². The number of hydrogen-bond donors (Lipinski definition) is 2. The van der Waals surface area contributed by atoms with Crippen molar-refractivity contribution in [3.63, 3.8) is 0 Å². The van der Waals surface area contributed by atoms with Crippen LogP contribution in [0.15, 0.2) is 72.8 Å². The third-order valence-corrected chi connectivity index (χ3v) is 4.07. The van der Waals surface area contributed by atoms with Gasteiger partial charge in [-0.1, -0.05) is 60.7 Å². The van der Waals surface area contributed by atoms with E-state index in [9.17, 15) is 0 Å². The van der Waals surface area contributed by atoms with Crippen molar-refractivity contribution >= 4 is 33.2 Å². The second-order valence-electron chi connectivity index (χ2n) is 5.59. The fourth-order valence-corrected chi connectivity index (χ4v) is 2.84. The second kappa shape index (κ2) is 5.61. The van der Waals surface area contributed by atoms with Crippen LogP contribution in [-0.2, 0) is 0 Å². The normalized spacial score (nSPS) is 10.8. The van der Waals surface area contributed by atoms with Crippen LogP contribution in [0.25, 0.3) is 21.7 Å². The van der Waals surface area contributed by atoms with E-state index in [2.05, 4.69) is 54.2 Å². The molecule has 1 heterocycles. The fourth-order valence-electron chi connectivity index (χ4n) is 2.84. The summed E-state index contributed by atoms with van der Waals surface area (Å²) in [5.41, 5.74) is 9.77. The summed E-state index contributed by atoms with van der Waals surface area (Å²) in [6.07, 6.45) is 0. The number of aromatic nitrogens is 1. The van der Waals surface area contributed by atoms with E-state index in [1.54, 1.807) is 0 Å². The molecule has 112 valence electrons. The summed E-state index contributed by atoms with van der Waals surface area (Å²) in [7, 11) is 0. The highest BCUT2D eigenvalue weighted by molar-refractivity contribution is 6.10. The van der Waals surface area contributed by atoms with E-state index in [1.165, 1.54) is 16.3 Å². The van der Waals surface area contributed by atoms with Crippen LogP contribution in [-0.4, -0.2) is 4.98 Å². The second-order valence-corrected chi connectivity index (χ2v) is 5.59. The van der Waals surface area contributed by atoms with Gasteiger partial charge >= 0.3 is 0 Å². The fraction of sp³-hybridized carbons (Fsp3) is 0.0500. The maximum absolute atomic E-state index is 4.77. The average molecular weight is 299 g/mol. The Hall–Kier alpha value is -3.07. The quantitative estimate of drug-likeness (QED) is 0.406. The SMILES string of the molecule is Cc1ccccc1NNc1nc2ccccc2c2ccccc12. The largest absolute Gasteiger partial charge is 0.299 e. The van der Waals surface area contributed by atoms with Gasteiger partial charge in [0.05, 0.1) is 11.2 Å². The molecule has 0 unspecified atom stereocenters. The molecule has 0 aliphatic carbocycles. The lowest BCUT2D eigenvalue weighted by atomic mass is 10.1. The smallest absolute Gasteiger partial charge is 0.153 e. The molecular formula is C20H17N3. The van der Waals surface area contributed by atoms with Crippen molar-refractivity contribution in [1.29, 1.82) is 0 Å². The number of fused-ring (bicyclic) bond motifs is 3. The molecule has 0 bridgehead atoms. The highest BCUT2D eigenvalue weighted by atomic mass is 15.4. The van der Waals surface area contributed by atoms with E-state index in [1.807, 2.05) is 36.4 Å².